The van der Waals surface area contributed by atoms with E-state index >= 15 is 0 Å². The highest BCUT2D eigenvalue weighted by Crippen LogP contribution is 2.43. The van der Waals surface area contributed by atoms with E-state index in [0.29, 0.717) is 16.3 Å². The molecule has 0 spiro atoms. The number of fused-ring (bicyclic) bond motifs is 1. The van der Waals surface area contributed by atoms with Crippen molar-refractivity contribution in [2.45, 2.75) is 59.9 Å². The zero-order chi connectivity index (χ0) is 15.1. The average Bonchev–Trinajstić information content (AvgIpc) is 2.61. The second-order valence-electron chi connectivity index (χ2n) is 7.18. The molecule has 1 aromatic heterocycles. The summed E-state index contributed by atoms with van der Waals surface area (Å²) in [5.41, 5.74) is 8.37. The summed E-state index contributed by atoms with van der Waals surface area (Å²) in [5.74, 6) is 0.665. The van der Waals surface area contributed by atoms with Crippen LogP contribution in [0.5, 0.6) is 0 Å². The van der Waals surface area contributed by atoms with Crippen LogP contribution in [0.2, 0.25) is 0 Å². The van der Waals surface area contributed by atoms with Gasteiger partial charge in [-0.25, -0.2) is 0 Å². The molecule has 0 fully saturated rings. The lowest BCUT2D eigenvalue weighted by atomic mass is 9.72. The van der Waals surface area contributed by atoms with Gasteiger partial charge in [-0.1, -0.05) is 20.8 Å². The summed E-state index contributed by atoms with van der Waals surface area (Å²) in [5, 5.41) is 3.65. The van der Waals surface area contributed by atoms with Crippen molar-refractivity contribution in [3.05, 3.63) is 16.0 Å². The van der Waals surface area contributed by atoms with Crippen molar-refractivity contribution in [3.63, 3.8) is 0 Å². The monoisotopic (exact) mass is 294 g/mol. The van der Waals surface area contributed by atoms with Crippen LogP contribution in [-0.2, 0) is 12.8 Å². The molecule has 0 bridgehead atoms. The van der Waals surface area contributed by atoms with Gasteiger partial charge in [0, 0.05) is 10.9 Å². The van der Waals surface area contributed by atoms with E-state index in [4.69, 9.17) is 5.73 Å². The van der Waals surface area contributed by atoms with Crippen molar-refractivity contribution in [1.29, 1.82) is 0 Å². The molecule has 0 saturated carbocycles. The normalized spacial score (nSPS) is 19.0. The van der Waals surface area contributed by atoms with Crippen LogP contribution in [0.4, 0.5) is 5.00 Å². The first-order chi connectivity index (χ1) is 9.20. The maximum atomic E-state index is 12.3. The maximum Gasteiger partial charge on any atom is 0.254 e. The minimum atomic E-state index is -0.00999. The number of nitrogens with one attached hydrogen (secondary N) is 1. The number of thiophene rings is 1. The van der Waals surface area contributed by atoms with Crippen molar-refractivity contribution in [3.8, 4) is 0 Å². The quantitative estimate of drug-likeness (QED) is 0.875. The molecule has 0 aromatic carbocycles. The van der Waals surface area contributed by atoms with E-state index in [2.05, 4.69) is 26.1 Å². The standard InChI is InChI=1S/C16H26N2OS/c1-9(2)18-15(19)13-11-7-6-10(16(3,4)5)8-12(11)20-14(13)17/h9-10H,6-8,17H2,1-5H3,(H,18,19). The number of nitrogen functional groups attached to an aromatic ring is 1. The third kappa shape index (κ3) is 3.00. The average molecular weight is 294 g/mol. The van der Waals surface area contributed by atoms with Gasteiger partial charge in [-0.3, -0.25) is 4.79 Å². The molecule has 0 radical (unpaired) electrons. The largest absolute Gasteiger partial charge is 0.390 e. The zero-order valence-electron chi connectivity index (χ0n) is 13.2. The van der Waals surface area contributed by atoms with E-state index in [1.165, 1.54) is 10.4 Å². The molecule has 3 N–H and O–H groups in total. The Kier molecular flexibility index (Phi) is 4.14. The number of hydrogen-bond donors (Lipinski definition) is 2. The fourth-order valence-corrected chi connectivity index (χ4v) is 4.12. The summed E-state index contributed by atoms with van der Waals surface area (Å²) in [7, 11) is 0. The minimum absolute atomic E-state index is 0.00999. The maximum absolute atomic E-state index is 12.3. The topological polar surface area (TPSA) is 55.1 Å². The van der Waals surface area contributed by atoms with E-state index in [9.17, 15) is 4.79 Å². The van der Waals surface area contributed by atoms with Crippen molar-refractivity contribution < 1.29 is 4.79 Å². The Labute approximate surface area is 125 Å². The molecule has 1 unspecified atom stereocenters. The summed E-state index contributed by atoms with van der Waals surface area (Å²) in [6.07, 6.45) is 3.18. The number of amides is 1. The molecule has 1 heterocycles. The molecular weight excluding hydrogens is 268 g/mol. The van der Waals surface area contributed by atoms with Gasteiger partial charge in [0.15, 0.2) is 0 Å². The van der Waals surface area contributed by atoms with Gasteiger partial charge in [0.1, 0.15) is 0 Å². The molecule has 1 atom stereocenters. The number of anilines is 1. The molecule has 0 saturated heterocycles. The van der Waals surface area contributed by atoms with Gasteiger partial charge in [-0.15, -0.1) is 11.3 Å². The lowest BCUT2D eigenvalue weighted by Crippen LogP contribution is -2.32. The fraction of sp³-hybridized carbons (Fsp3) is 0.688. The second kappa shape index (κ2) is 5.40. The van der Waals surface area contributed by atoms with Gasteiger partial charge in [-0.05, 0) is 50.0 Å². The van der Waals surface area contributed by atoms with Crippen LogP contribution in [0.1, 0.15) is 61.8 Å². The van der Waals surface area contributed by atoms with Gasteiger partial charge in [-0.2, -0.15) is 0 Å². The van der Waals surface area contributed by atoms with E-state index in [1.807, 2.05) is 13.8 Å². The summed E-state index contributed by atoms with van der Waals surface area (Å²) in [4.78, 5) is 13.6. The highest BCUT2D eigenvalue weighted by atomic mass is 32.1. The number of carbonyl (C=O) groups is 1. The zero-order valence-corrected chi connectivity index (χ0v) is 14.0. The molecule has 20 heavy (non-hydrogen) atoms. The molecule has 4 heteroatoms. The Morgan fingerprint density at radius 2 is 2.05 bits per heavy atom. The fourth-order valence-electron chi connectivity index (χ4n) is 2.93. The van der Waals surface area contributed by atoms with Crippen LogP contribution in [-0.4, -0.2) is 11.9 Å². The third-order valence-electron chi connectivity index (χ3n) is 4.16. The highest BCUT2D eigenvalue weighted by Gasteiger charge is 2.33. The Morgan fingerprint density at radius 3 is 2.60 bits per heavy atom. The van der Waals surface area contributed by atoms with E-state index in [1.54, 1.807) is 11.3 Å². The van der Waals surface area contributed by atoms with E-state index in [-0.39, 0.29) is 11.9 Å². The smallest absolute Gasteiger partial charge is 0.254 e. The van der Waals surface area contributed by atoms with E-state index < -0.39 is 0 Å². The Hall–Kier alpha value is -1.03. The highest BCUT2D eigenvalue weighted by molar-refractivity contribution is 7.16. The molecular formula is C16H26N2OS. The Bertz CT molecular complexity index is 511. The Morgan fingerprint density at radius 1 is 1.40 bits per heavy atom. The lowest BCUT2D eigenvalue weighted by molar-refractivity contribution is 0.0943. The second-order valence-corrected chi connectivity index (χ2v) is 8.31. The van der Waals surface area contributed by atoms with Crippen molar-refractivity contribution in [2.75, 3.05) is 5.73 Å². The number of rotatable bonds is 2. The first-order valence-corrected chi connectivity index (χ1v) is 8.22. The van der Waals surface area contributed by atoms with Crippen LogP contribution in [0.25, 0.3) is 0 Å². The predicted molar refractivity (Wildman–Crippen MR) is 86.3 cm³/mol. The lowest BCUT2D eigenvalue weighted by Gasteiger charge is -2.33. The van der Waals surface area contributed by atoms with Crippen LogP contribution in [0.15, 0.2) is 0 Å². The summed E-state index contributed by atoms with van der Waals surface area (Å²) < 4.78 is 0. The van der Waals surface area contributed by atoms with E-state index in [0.717, 1.165) is 24.8 Å². The van der Waals surface area contributed by atoms with Crippen LogP contribution < -0.4 is 11.1 Å². The first kappa shape index (κ1) is 15.4. The SMILES string of the molecule is CC(C)NC(=O)c1c(N)sc2c1CCC(C(C)(C)C)C2. The van der Waals surface area contributed by atoms with Crippen LogP contribution >= 0.6 is 11.3 Å². The van der Waals surface area contributed by atoms with Gasteiger partial charge in [0.2, 0.25) is 0 Å². The first-order valence-electron chi connectivity index (χ1n) is 7.41. The summed E-state index contributed by atoms with van der Waals surface area (Å²) in [6.45, 7) is 10.8. The minimum Gasteiger partial charge on any atom is -0.390 e. The molecule has 1 aromatic rings. The third-order valence-corrected chi connectivity index (χ3v) is 5.25. The summed E-state index contributed by atoms with van der Waals surface area (Å²) >= 11 is 1.61. The summed E-state index contributed by atoms with van der Waals surface area (Å²) in [6, 6.07) is 0.142. The number of nitrogens with two attached hydrogens (primary N) is 1. The molecule has 1 amide bonds. The molecule has 0 aliphatic heterocycles. The Balaban J connectivity index is 2.28. The molecule has 1 aliphatic carbocycles. The molecule has 1 aliphatic rings. The van der Waals surface area contributed by atoms with Gasteiger partial charge in [0.25, 0.3) is 5.91 Å². The number of carbonyl (C=O) groups excluding carboxylic acids is 1. The van der Waals surface area contributed by atoms with Crippen LogP contribution in [0.3, 0.4) is 0 Å². The van der Waals surface area contributed by atoms with Gasteiger partial charge < -0.3 is 11.1 Å². The van der Waals surface area contributed by atoms with Gasteiger partial charge in [0.05, 0.1) is 10.6 Å². The predicted octanol–water partition coefficient (Wildman–Crippen LogP) is 3.62. The van der Waals surface area contributed by atoms with Gasteiger partial charge >= 0.3 is 0 Å². The molecule has 3 nitrogen and oxygen atoms in total. The number of hydrogen-bond acceptors (Lipinski definition) is 3. The van der Waals surface area contributed by atoms with Crippen molar-refractivity contribution in [1.82, 2.24) is 5.32 Å². The van der Waals surface area contributed by atoms with Crippen molar-refractivity contribution in [2.24, 2.45) is 11.3 Å². The molecule has 2 rings (SSSR count). The molecule has 112 valence electrons. The van der Waals surface area contributed by atoms with Crippen molar-refractivity contribution >= 4 is 22.2 Å². The van der Waals surface area contributed by atoms with Crippen LogP contribution in [0, 0.1) is 11.3 Å².